The molecule has 1 aliphatic heterocycles. The van der Waals surface area contributed by atoms with Gasteiger partial charge in [0.05, 0.1) is 18.3 Å². The molecule has 0 saturated heterocycles. The maximum Gasteiger partial charge on any atom is 0.419 e. The van der Waals surface area contributed by atoms with Crippen LogP contribution in [0.5, 0.6) is 0 Å². The minimum atomic E-state index is -4.69. The Hall–Kier alpha value is -1.36. The van der Waals surface area contributed by atoms with Crippen molar-refractivity contribution < 1.29 is 22.3 Å². The highest BCUT2D eigenvalue weighted by molar-refractivity contribution is 5.37. The first-order valence-corrected chi connectivity index (χ1v) is 8.00. The van der Waals surface area contributed by atoms with E-state index in [1.807, 2.05) is 6.08 Å². The summed E-state index contributed by atoms with van der Waals surface area (Å²) >= 11 is 0. The van der Waals surface area contributed by atoms with E-state index < -0.39 is 23.7 Å². The van der Waals surface area contributed by atoms with E-state index in [4.69, 9.17) is 4.74 Å². The predicted octanol–water partition coefficient (Wildman–Crippen LogP) is 6.12. The normalized spacial score (nSPS) is 18.9. The summed E-state index contributed by atoms with van der Waals surface area (Å²) in [6.45, 7) is 3.76. The van der Waals surface area contributed by atoms with Gasteiger partial charge in [0.15, 0.2) is 0 Å². The van der Waals surface area contributed by atoms with Gasteiger partial charge < -0.3 is 4.74 Å². The van der Waals surface area contributed by atoms with Crippen molar-refractivity contribution in [1.29, 1.82) is 0 Å². The second kappa shape index (κ2) is 7.47. The summed E-state index contributed by atoms with van der Waals surface area (Å²) in [5.74, 6) is -1.20. The van der Waals surface area contributed by atoms with E-state index in [1.165, 1.54) is 19.1 Å². The number of halogens is 4. The third-order valence-electron chi connectivity index (χ3n) is 4.20. The van der Waals surface area contributed by atoms with Crippen LogP contribution < -0.4 is 0 Å². The Morgan fingerprint density at radius 3 is 2.52 bits per heavy atom. The molecule has 0 fully saturated rings. The van der Waals surface area contributed by atoms with Crippen molar-refractivity contribution in [1.82, 2.24) is 0 Å². The van der Waals surface area contributed by atoms with Crippen molar-refractivity contribution >= 4 is 0 Å². The second-order valence-electron chi connectivity index (χ2n) is 6.01. The SMILES string of the molecule is CCCCCC1=CCC(c2ccc(C)c(C(F)(F)F)c2F)OC1. The van der Waals surface area contributed by atoms with Gasteiger partial charge in [-0.2, -0.15) is 13.2 Å². The summed E-state index contributed by atoms with van der Waals surface area (Å²) in [5.41, 5.74) is -0.147. The molecule has 0 amide bonds. The van der Waals surface area contributed by atoms with Crippen molar-refractivity contribution in [3.05, 3.63) is 46.3 Å². The highest BCUT2D eigenvalue weighted by Crippen LogP contribution is 2.38. The number of alkyl halides is 3. The molecule has 2 rings (SSSR count). The lowest BCUT2D eigenvalue weighted by atomic mass is 9.95. The number of aryl methyl sites for hydroxylation is 1. The second-order valence-corrected chi connectivity index (χ2v) is 6.01. The van der Waals surface area contributed by atoms with Crippen LogP contribution in [0.2, 0.25) is 0 Å². The molecule has 1 nitrogen and oxygen atoms in total. The van der Waals surface area contributed by atoms with Gasteiger partial charge in [0.1, 0.15) is 5.82 Å². The van der Waals surface area contributed by atoms with E-state index in [9.17, 15) is 17.6 Å². The third kappa shape index (κ3) is 4.34. The molecule has 1 aliphatic rings. The Kier molecular flexibility index (Phi) is 5.84. The number of hydrogen-bond donors (Lipinski definition) is 0. The Labute approximate surface area is 134 Å². The van der Waals surface area contributed by atoms with E-state index in [0.29, 0.717) is 13.0 Å². The zero-order chi connectivity index (χ0) is 17.0. The van der Waals surface area contributed by atoms with Crippen LogP contribution in [-0.2, 0) is 10.9 Å². The number of rotatable bonds is 5. The molecule has 0 aromatic heterocycles. The van der Waals surface area contributed by atoms with E-state index in [1.54, 1.807) is 0 Å². The van der Waals surface area contributed by atoms with Crippen molar-refractivity contribution in [2.75, 3.05) is 6.61 Å². The zero-order valence-electron chi connectivity index (χ0n) is 13.5. The molecule has 0 saturated carbocycles. The highest BCUT2D eigenvalue weighted by Gasteiger charge is 2.38. The summed E-state index contributed by atoms with van der Waals surface area (Å²) in [6.07, 6.45) is 1.34. The average Bonchev–Trinajstić information content (AvgIpc) is 2.47. The molecule has 0 spiro atoms. The van der Waals surface area contributed by atoms with Crippen LogP contribution in [-0.4, -0.2) is 6.61 Å². The lowest BCUT2D eigenvalue weighted by molar-refractivity contribution is -0.140. The lowest BCUT2D eigenvalue weighted by Gasteiger charge is -2.25. The summed E-state index contributed by atoms with van der Waals surface area (Å²) in [4.78, 5) is 0. The molecule has 23 heavy (non-hydrogen) atoms. The molecule has 5 heteroatoms. The molecule has 1 atom stereocenters. The van der Waals surface area contributed by atoms with Crippen molar-refractivity contribution in [3.63, 3.8) is 0 Å². The minimum absolute atomic E-state index is 0.00761. The summed E-state index contributed by atoms with van der Waals surface area (Å²) in [5, 5.41) is 0. The molecule has 1 aromatic carbocycles. The fourth-order valence-corrected chi connectivity index (χ4v) is 2.89. The van der Waals surface area contributed by atoms with Crippen LogP contribution in [0.25, 0.3) is 0 Å². The summed E-state index contributed by atoms with van der Waals surface area (Å²) in [7, 11) is 0. The summed E-state index contributed by atoms with van der Waals surface area (Å²) in [6, 6.07) is 2.71. The predicted molar refractivity (Wildman–Crippen MR) is 81.7 cm³/mol. The molecule has 0 bridgehead atoms. The molecular weight excluding hydrogens is 308 g/mol. The molecule has 1 heterocycles. The Morgan fingerprint density at radius 1 is 1.22 bits per heavy atom. The molecule has 1 aromatic rings. The number of unbranched alkanes of at least 4 members (excludes halogenated alkanes) is 2. The van der Waals surface area contributed by atoms with Gasteiger partial charge in [-0.3, -0.25) is 0 Å². The highest BCUT2D eigenvalue weighted by atomic mass is 19.4. The Balaban J connectivity index is 2.15. The smallest absolute Gasteiger partial charge is 0.369 e. The number of ether oxygens (including phenoxy) is 1. The standard InChI is InChI=1S/C18H22F4O/c1-3-4-5-6-13-8-10-15(23-11-13)14-9-7-12(2)16(17(14)19)18(20,21)22/h7-9,15H,3-6,10-11H2,1-2H3. The van der Waals surface area contributed by atoms with Gasteiger partial charge in [-0.15, -0.1) is 0 Å². The molecule has 0 radical (unpaired) electrons. The van der Waals surface area contributed by atoms with Crippen molar-refractivity contribution in [2.24, 2.45) is 0 Å². The van der Waals surface area contributed by atoms with Crippen molar-refractivity contribution in [3.8, 4) is 0 Å². The lowest BCUT2D eigenvalue weighted by Crippen LogP contribution is -2.17. The fraction of sp³-hybridized carbons (Fsp3) is 0.556. The molecule has 1 unspecified atom stereocenters. The van der Waals surface area contributed by atoms with Crippen LogP contribution in [0.4, 0.5) is 17.6 Å². The first-order chi connectivity index (χ1) is 10.8. The Bertz CT molecular complexity index is 575. The Morgan fingerprint density at radius 2 is 1.96 bits per heavy atom. The quantitative estimate of drug-likeness (QED) is 0.359. The van der Waals surface area contributed by atoms with Gasteiger partial charge in [-0.05, 0) is 37.3 Å². The van der Waals surface area contributed by atoms with Gasteiger partial charge in [0.25, 0.3) is 0 Å². The maximum absolute atomic E-state index is 14.3. The van der Waals surface area contributed by atoms with Crippen molar-refractivity contribution in [2.45, 2.75) is 58.2 Å². The van der Waals surface area contributed by atoms with E-state index in [0.717, 1.165) is 31.3 Å². The largest absolute Gasteiger partial charge is 0.419 e. The third-order valence-corrected chi connectivity index (χ3v) is 4.20. The van der Waals surface area contributed by atoms with E-state index in [-0.39, 0.29) is 11.1 Å². The van der Waals surface area contributed by atoms with Gasteiger partial charge in [0.2, 0.25) is 0 Å². The zero-order valence-corrected chi connectivity index (χ0v) is 13.5. The number of benzene rings is 1. The average molecular weight is 330 g/mol. The maximum atomic E-state index is 14.3. The first-order valence-electron chi connectivity index (χ1n) is 8.00. The van der Waals surface area contributed by atoms with Gasteiger partial charge in [-0.1, -0.05) is 38.0 Å². The van der Waals surface area contributed by atoms with Crippen LogP contribution in [0.15, 0.2) is 23.8 Å². The van der Waals surface area contributed by atoms with Crippen LogP contribution >= 0.6 is 0 Å². The minimum Gasteiger partial charge on any atom is -0.369 e. The van der Waals surface area contributed by atoms with Gasteiger partial charge in [-0.25, -0.2) is 4.39 Å². The van der Waals surface area contributed by atoms with E-state index in [2.05, 4.69) is 6.92 Å². The van der Waals surface area contributed by atoms with Gasteiger partial charge in [0, 0.05) is 5.56 Å². The van der Waals surface area contributed by atoms with E-state index >= 15 is 0 Å². The first kappa shape index (κ1) is 18.0. The van der Waals surface area contributed by atoms with Crippen LogP contribution in [0, 0.1) is 12.7 Å². The molecule has 0 N–H and O–H groups in total. The molecule has 128 valence electrons. The summed E-state index contributed by atoms with van der Waals surface area (Å²) < 4.78 is 59.0. The number of hydrogen-bond acceptors (Lipinski definition) is 1. The van der Waals surface area contributed by atoms with Crippen LogP contribution in [0.1, 0.15) is 61.8 Å². The molecule has 0 aliphatic carbocycles. The van der Waals surface area contributed by atoms with Gasteiger partial charge >= 0.3 is 6.18 Å². The monoisotopic (exact) mass is 330 g/mol. The fourth-order valence-electron chi connectivity index (χ4n) is 2.89. The topological polar surface area (TPSA) is 9.23 Å². The molecular formula is C18H22F4O. The van der Waals surface area contributed by atoms with Crippen LogP contribution in [0.3, 0.4) is 0 Å².